The predicted octanol–water partition coefficient (Wildman–Crippen LogP) is -1.76. The molecule has 518 valence electrons. The number of imidazole rings is 1. The van der Waals surface area contributed by atoms with Gasteiger partial charge in [0.25, 0.3) is 0 Å². The maximum absolute atomic E-state index is 14.6. The van der Waals surface area contributed by atoms with E-state index in [0.717, 1.165) is 12.2 Å². The Morgan fingerprint density at radius 1 is 0.737 bits per heavy atom. The Labute approximate surface area is 553 Å². The van der Waals surface area contributed by atoms with Crippen molar-refractivity contribution in [2.24, 2.45) is 17.4 Å². The van der Waals surface area contributed by atoms with Crippen LogP contribution in [0.3, 0.4) is 0 Å². The molecule has 3 aliphatic rings. The van der Waals surface area contributed by atoms with Crippen molar-refractivity contribution in [1.82, 2.24) is 73.4 Å². The lowest BCUT2D eigenvalue weighted by atomic mass is 9.99. The number of unbranched alkanes of at least 4 members (excludes halogenated alkanes) is 1. The Bertz CT molecular complexity index is 3180. The van der Waals surface area contributed by atoms with Crippen molar-refractivity contribution < 1.29 is 72.1 Å². The van der Waals surface area contributed by atoms with Crippen LogP contribution < -0.4 is 70.0 Å². The Kier molecular flexibility index (Phi) is 28.9. The fourth-order valence-electron chi connectivity index (χ4n) is 11.0. The molecule has 2 aromatic carbocycles. The number of guanidine groups is 1. The number of rotatable bonds is 37. The van der Waals surface area contributed by atoms with Gasteiger partial charge in [0.15, 0.2) is 5.96 Å². The van der Waals surface area contributed by atoms with Crippen molar-refractivity contribution in [1.29, 1.82) is 5.41 Å². The number of aromatic hydroxyl groups is 1. The first-order valence-electron chi connectivity index (χ1n) is 31.6. The van der Waals surface area contributed by atoms with E-state index in [2.05, 4.69) is 68.5 Å². The van der Waals surface area contributed by atoms with Crippen LogP contribution in [0.15, 0.2) is 67.1 Å². The highest BCUT2D eigenvalue weighted by molar-refractivity contribution is 8.00. The monoisotopic (exact) mass is 1340 g/mol. The summed E-state index contributed by atoms with van der Waals surface area (Å²) in [5.41, 5.74) is 12.2. The Morgan fingerprint density at radius 2 is 1.38 bits per heavy atom. The number of thioether (sulfide) groups is 1. The van der Waals surface area contributed by atoms with Gasteiger partial charge in [-0.15, -0.1) is 0 Å². The van der Waals surface area contributed by atoms with Gasteiger partial charge in [-0.3, -0.25) is 53.4 Å². The third kappa shape index (κ3) is 23.2. The van der Waals surface area contributed by atoms with Gasteiger partial charge >= 0.3 is 12.0 Å². The highest BCUT2D eigenvalue weighted by Gasteiger charge is 2.46. The lowest BCUT2D eigenvalue weighted by Gasteiger charge is -2.29. The molecule has 32 nitrogen and oxygen atoms in total. The van der Waals surface area contributed by atoms with Crippen LogP contribution in [0.25, 0.3) is 0 Å². The van der Waals surface area contributed by atoms with Gasteiger partial charge in [0.1, 0.15) is 66.9 Å². The van der Waals surface area contributed by atoms with Crippen LogP contribution in [0.2, 0.25) is 0 Å². The molecular weight excluding hydrogens is 1250 g/mol. The molecule has 0 saturated carbocycles. The molecule has 3 saturated heterocycles. The molecule has 18 N–H and O–H groups in total. The number of carbonyl (C=O) groups excluding carboxylic acids is 12. The first-order valence-corrected chi connectivity index (χ1v) is 32.7. The van der Waals surface area contributed by atoms with E-state index in [1.165, 1.54) is 43.4 Å². The van der Waals surface area contributed by atoms with E-state index in [9.17, 15) is 62.6 Å². The summed E-state index contributed by atoms with van der Waals surface area (Å²) in [4.78, 5) is 172. The second-order valence-corrected chi connectivity index (χ2v) is 25.1. The van der Waals surface area contributed by atoms with Gasteiger partial charge in [-0.1, -0.05) is 68.8 Å². The molecule has 12 amide bonds. The van der Waals surface area contributed by atoms with Crippen molar-refractivity contribution in [3.8, 4) is 5.75 Å². The summed E-state index contributed by atoms with van der Waals surface area (Å²) in [6, 6.07) is 3.47. The Morgan fingerprint density at radius 3 is 2.04 bits per heavy atom. The minimum Gasteiger partial charge on any atom is -0.508 e. The summed E-state index contributed by atoms with van der Waals surface area (Å²) in [5.74, 6) is -8.96. The molecule has 1 aromatic heterocycles. The minimum atomic E-state index is -1.56. The van der Waals surface area contributed by atoms with Gasteiger partial charge in [-0.05, 0) is 76.8 Å². The maximum Gasteiger partial charge on any atom is 0.328 e. The molecular formula is C62H89N17O15S. The number of primary amides is 1. The lowest BCUT2D eigenvalue weighted by molar-refractivity contribution is -0.146. The Balaban J connectivity index is 1.16. The third-order valence-electron chi connectivity index (χ3n) is 15.9. The van der Waals surface area contributed by atoms with Crippen LogP contribution >= 0.6 is 11.8 Å². The van der Waals surface area contributed by atoms with Gasteiger partial charge in [-0.25, -0.2) is 14.6 Å². The van der Waals surface area contributed by atoms with E-state index in [1.54, 1.807) is 75.0 Å². The van der Waals surface area contributed by atoms with Crippen molar-refractivity contribution in [3.05, 3.63) is 83.9 Å². The van der Waals surface area contributed by atoms with E-state index in [-0.39, 0.29) is 111 Å². The van der Waals surface area contributed by atoms with Crippen LogP contribution in [0.4, 0.5) is 4.79 Å². The molecule has 95 heavy (non-hydrogen) atoms. The van der Waals surface area contributed by atoms with Crippen molar-refractivity contribution in [2.45, 2.75) is 177 Å². The van der Waals surface area contributed by atoms with Gasteiger partial charge < -0.3 is 94.4 Å². The molecule has 3 aliphatic heterocycles. The largest absolute Gasteiger partial charge is 0.508 e. The molecule has 0 aliphatic carbocycles. The number of phenols is 1. The average Bonchev–Trinajstić information content (AvgIpc) is 1.68. The van der Waals surface area contributed by atoms with Crippen molar-refractivity contribution in [2.75, 3.05) is 32.2 Å². The maximum atomic E-state index is 14.6. The highest BCUT2D eigenvalue weighted by Crippen LogP contribution is 2.37. The van der Waals surface area contributed by atoms with Gasteiger partial charge in [-0.2, -0.15) is 11.8 Å². The number of urea groups is 1. The number of aromatic nitrogens is 2. The number of nitrogens with two attached hydrogens (primary N) is 2. The summed E-state index contributed by atoms with van der Waals surface area (Å²) < 4.78 is 10.9. The number of fused-ring (bicyclic) bond motifs is 1. The van der Waals surface area contributed by atoms with E-state index < -0.39 is 132 Å². The number of aromatic amines is 1. The summed E-state index contributed by atoms with van der Waals surface area (Å²) >= 11 is 1.75. The van der Waals surface area contributed by atoms with Crippen LogP contribution in [-0.4, -0.2) is 195 Å². The Hall–Kier alpha value is -9.53. The summed E-state index contributed by atoms with van der Waals surface area (Å²) in [6.45, 7) is 7.05. The van der Waals surface area contributed by atoms with E-state index in [4.69, 9.17) is 26.4 Å². The van der Waals surface area contributed by atoms with E-state index >= 15 is 0 Å². The number of para-hydroxylation sites is 1. The van der Waals surface area contributed by atoms with E-state index in [1.807, 2.05) is 0 Å². The third-order valence-corrected chi connectivity index (χ3v) is 17.4. The van der Waals surface area contributed by atoms with Crippen LogP contribution in [0.1, 0.15) is 115 Å². The molecule has 3 aromatic rings. The number of nitrogens with zero attached hydrogens (tertiary/aromatic N) is 2. The summed E-state index contributed by atoms with van der Waals surface area (Å²) in [5, 5.41) is 48.0. The molecule has 4 heterocycles. The van der Waals surface area contributed by atoms with E-state index in [0.29, 0.717) is 24.1 Å². The number of benzene rings is 2. The molecule has 33 heteroatoms. The van der Waals surface area contributed by atoms with Gasteiger partial charge in [0, 0.05) is 60.7 Å². The first-order chi connectivity index (χ1) is 45.3. The summed E-state index contributed by atoms with van der Waals surface area (Å²) in [7, 11) is 0. The SMILES string of the molecule is CCOC(=O)C(C)NC(=O)CNC(=O)C(Cc1ccccc1)NC(=O)[C@H](Cc1cnc[nH]1)NC(=O)C(CCCNC(=N)N)NC(=O)[C@H](CC(C)C)NC(=O)C(CCC(N)=O)NC(=O)[C@H](C)NC(=O)[C@@H]1C(c2ccccc2O)OCN1C(=O)CCCCC1SCC2NC(=O)NC21. The number of ether oxygens (including phenoxy) is 2. The summed E-state index contributed by atoms with van der Waals surface area (Å²) in [6.07, 6.45) is 2.27. The second-order valence-electron chi connectivity index (χ2n) is 23.8. The number of hydrogen-bond acceptors (Lipinski definition) is 18. The number of carbonyl (C=O) groups is 12. The van der Waals surface area contributed by atoms with Crippen LogP contribution in [0, 0.1) is 11.3 Å². The second kappa shape index (κ2) is 36.8. The van der Waals surface area contributed by atoms with Gasteiger partial charge in [0.2, 0.25) is 59.1 Å². The number of nitrogens with one attached hydrogen (secondary N) is 13. The normalized spacial score (nSPS) is 19.3. The van der Waals surface area contributed by atoms with Crippen molar-refractivity contribution in [3.63, 3.8) is 0 Å². The quantitative estimate of drug-likeness (QED) is 0.01000. The molecule has 12 atom stereocenters. The molecule has 0 spiro atoms. The topological polar surface area (TPSA) is 484 Å². The van der Waals surface area contributed by atoms with Crippen LogP contribution in [0.5, 0.6) is 5.75 Å². The number of amides is 12. The van der Waals surface area contributed by atoms with Crippen LogP contribution in [-0.2, 0) is 75.1 Å². The molecule has 0 bridgehead atoms. The molecule has 3 fully saturated rings. The van der Waals surface area contributed by atoms with Crippen molar-refractivity contribution >= 4 is 88.8 Å². The highest BCUT2D eigenvalue weighted by atomic mass is 32.2. The molecule has 6 rings (SSSR count). The predicted molar refractivity (Wildman–Crippen MR) is 345 cm³/mol. The fourth-order valence-corrected chi connectivity index (χ4v) is 12.5. The number of esters is 1. The first kappa shape index (κ1) is 74.5. The number of hydrogen-bond donors (Lipinski definition) is 16. The zero-order valence-electron chi connectivity index (χ0n) is 53.8. The number of H-pyrrole nitrogens is 1. The van der Waals surface area contributed by atoms with Gasteiger partial charge in [0.05, 0.1) is 31.6 Å². The fraction of sp³-hybridized carbons (Fsp3) is 0.548. The molecule has 8 unspecified atom stereocenters. The minimum absolute atomic E-state index is 0.0142. The molecule has 0 radical (unpaired) electrons. The zero-order chi connectivity index (χ0) is 69.3. The lowest BCUT2D eigenvalue weighted by Crippen LogP contribution is -2.60. The number of phenolic OH excluding ortho intramolecular Hbond substituents is 1. The smallest absolute Gasteiger partial charge is 0.328 e. The standard InChI is InChI=1S/C62H89N17O15S/c1-6-93-60(91)35(5)70-48(82)29-68-54(85)42(26-36-15-8-7-9-16-36)75-58(89)43(27-37-28-66-31-69-37)76-55(86)39(18-14-24-67-61(64)65)73-57(88)41(25-33(2)3)74-56(87)40(22-23-47(63)81)72-53(84)34(4)71-59(90)51-52(38-17-10-11-19-45(38)80)94-32-79(51)49(83)21-13-12-20-46-50-44(30-95-46)77-62(92)78-50/h7-11,15-17,19,28,31,33-35,39-44,46,50-52,80H,6,12-14,18,20-27,29-30,32H2,1-5H3,(H2,63,81)(H,66,69)(H,68,85)(H,70,82)(H,71,90)(H,72,84)(H,73,88)(H,74,87)(H,75,89)(H,76,86)(H4,64,65,67)(H2,77,78,92)/t34-,35?,39?,40?,41-,42?,43-,44?,46?,50?,51-,52?/m0/s1. The average molecular weight is 1340 g/mol. The zero-order valence-corrected chi connectivity index (χ0v) is 54.6.